The standard InChI is InChI=1S/C21H34N4O3/c1-15(2)10-20(27)22-6-8-23(9-7-22)21(28)24-12-16-11-17(14-24)18-4-3-5-19(26)25(18)13-16/h15-18H,3-14H2,1-2H3/t16-,17-,18-/m1/s1. The zero-order valence-corrected chi connectivity index (χ0v) is 17.3. The summed E-state index contributed by atoms with van der Waals surface area (Å²) in [4.78, 5) is 45.6. The first-order valence-electron chi connectivity index (χ1n) is 11.0. The van der Waals surface area contributed by atoms with Crippen LogP contribution < -0.4 is 0 Å². The van der Waals surface area contributed by atoms with Crippen molar-refractivity contribution in [3.63, 3.8) is 0 Å². The van der Waals surface area contributed by atoms with Crippen LogP contribution in [0.25, 0.3) is 0 Å². The molecule has 7 nitrogen and oxygen atoms in total. The number of likely N-dealkylation sites (tertiary alicyclic amines) is 1. The van der Waals surface area contributed by atoms with Crippen molar-refractivity contribution in [3.05, 3.63) is 0 Å². The number of carbonyl (C=O) groups excluding carboxylic acids is 3. The molecule has 28 heavy (non-hydrogen) atoms. The van der Waals surface area contributed by atoms with Crippen molar-refractivity contribution in [2.24, 2.45) is 17.8 Å². The molecule has 4 fully saturated rings. The zero-order chi connectivity index (χ0) is 19.8. The Kier molecular flexibility index (Phi) is 5.52. The van der Waals surface area contributed by atoms with Gasteiger partial charge in [0.1, 0.15) is 0 Å². The van der Waals surface area contributed by atoms with E-state index in [0.717, 1.165) is 38.9 Å². The molecule has 3 atom stereocenters. The molecule has 0 saturated carbocycles. The quantitative estimate of drug-likeness (QED) is 0.720. The topological polar surface area (TPSA) is 64.2 Å². The number of amides is 4. The van der Waals surface area contributed by atoms with Gasteiger partial charge in [0.15, 0.2) is 0 Å². The van der Waals surface area contributed by atoms with Crippen LogP contribution in [-0.2, 0) is 9.59 Å². The summed E-state index contributed by atoms with van der Waals surface area (Å²) in [5.41, 5.74) is 0. The molecule has 0 aromatic heterocycles. The van der Waals surface area contributed by atoms with Crippen molar-refractivity contribution in [2.45, 2.75) is 52.0 Å². The predicted octanol–water partition coefficient (Wildman–Crippen LogP) is 1.63. The van der Waals surface area contributed by atoms with E-state index >= 15 is 0 Å². The number of hydrogen-bond acceptors (Lipinski definition) is 3. The molecule has 7 heteroatoms. The zero-order valence-electron chi connectivity index (χ0n) is 17.3. The smallest absolute Gasteiger partial charge is 0.320 e. The molecular formula is C21H34N4O3. The fraction of sp³-hybridized carbons (Fsp3) is 0.857. The monoisotopic (exact) mass is 390 g/mol. The Morgan fingerprint density at radius 1 is 1.00 bits per heavy atom. The minimum absolute atomic E-state index is 0.126. The van der Waals surface area contributed by atoms with Crippen LogP contribution in [0.3, 0.4) is 0 Å². The molecule has 4 heterocycles. The van der Waals surface area contributed by atoms with Crippen molar-refractivity contribution in [3.8, 4) is 0 Å². The van der Waals surface area contributed by atoms with Gasteiger partial charge in [0.25, 0.3) is 0 Å². The Balaban J connectivity index is 1.33. The lowest BCUT2D eigenvalue weighted by Gasteiger charge is -2.53. The van der Waals surface area contributed by atoms with Gasteiger partial charge in [-0.25, -0.2) is 4.79 Å². The van der Waals surface area contributed by atoms with E-state index in [1.54, 1.807) is 0 Å². The Bertz CT molecular complexity index is 629. The highest BCUT2D eigenvalue weighted by molar-refractivity contribution is 5.79. The summed E-state index contributed by atoms with van der Waals surface area (Å²) in [6.45, 7) is 9.02. The number of piperidine rings is 3. The summed E-state index contributed by atoms with van der Waals surface area (Å²) < 4.78 is 0. The van der Waals surface area contributed by atoms with Crippen molar-refractivity contribution in [1.82, 2.24) is 19.6 Å². The van der Waals surface area contributed by atoms with Gasteiger partial charge in [0.2, 0.25) is 11.8 Å². The lowest BCUT2D eigenvalue weighted by atomic mass is 9.76. The van der Waals surface area contributed by atoms with Crippen LogP contribution >= 0.6 is 0 Å². The third-order valence-corrected chi connectivity index (χ3v) is 6.94. The summed E-state index contributed by atoms with van der Waals surface area (Å²) >= 11 is 0. The Morgan fingerprint density at radius 3 is 2.43 bits per heavy atom. The first-order valence-corrected chi connectivity index (χ1v) is 11.0. The third kappa shape index (κ3) is 3.85. The molecule has 156 valence electrons. The molecule has 0 aromatic carbocycles. The van der Waals surface area contributed by atoms with E-state index in [9.17, 15) is 14.4 Å². The second-order valence-electron chi connectivity index (χ2n) is 9.52. The maximum absolute atomic E-state index is 13.1. The molecular weight excluding hydrogens is 356 g/mol. The summed E-state index contributed by atoms with van der Waals surface area (Å²) in [5, 5.41) is 0. The molecule has 2 bridgehead atoms. The fourth-order valence-corrected chi connectivity index (χ4v) is 5.59. The summed E-state index contributed by atoms with van der Waals surface area (Å²) in [5.74, 6) is 1.72. The van der Waals surface area contributed by atoms with Crippen LogP contribution in [0.1, 0.15) is 46.0 Å². The highest BCUT2D eigenvalue weighted by atomic mass is 16.2. The van der Waals surface area contributed by atoms with Crippen LogP contribution in [0, 0.1) is 17.8 Å². The number of urea groups is 1. The molecule has 4 amide bonds. The predicted molar refractivity (Wildman–Crippen MR) is 106 cm³/mol. The van der Waals surface area contributed by atoms with Crippen LogP contribution in [0.4, 0.5) is 4.79 Å². The van der Waals surface area contributed by atoms with E-state index in [1.165, 1.54) is 0 Å². The van der Waals surface area contributed by atoms with E-state index in [2.05, 4.69) is 18.7 Å². The van der Waals surface area contributed by atoms with E-state index in [4.69, 9.17) is 0 Å². The van der Waals surface area contributed by atoms with E-state index in [1.807, 2.05) is 14.7 Å². The van der Waals surface area contributed by atoms with Crippen molar-refractivity contribution >= 4 is 17.8 Å². The molecule has 0 N–H and O–H groups in total. The van der Waals surface area contributed by atoms with Gasteiger partial charge in [0.05, 0.1) is 0 Å². The Labute approximate surface area is 168 Å². The molecule has 0 aliphatic carbocycles. The Hall–Kier alpha value is -1.79. The van der Waals surface area contributed by atoms with Gasteiger partial charge in [-0.15, -0.1) is 0 Å². The molecule has 0 spiro atoms. The summed E-state index contributed by atoms with van der Waals surface area (Å²) in [6.07, 6.45) is 4.50. The molecule has 4 aliphatic rings. The minimum atomic E-state index is 0.126. The van der Waals surface area contributed by atoms with E-state index in [-0.39, 0.29) is 11.9 Å². The number of carbonyl (C=O) groups is 3. The summed E-state index contributed by atoms with van der Waals surface area (Å²) in [6, 6.07) is 0.458. The van der Waals surface area contributed by atoms with Crippen LogP contribution in [-0.4, -0.2) is 89.3 Å². The maximum atomic E-state index is 13.1. The van der Waals surface area contributed by atoms with Gasteiger partial charge in [-0.1, -0.05) is 13.8 Å². The highest BCUT2D eigenvalue weighted by Gasteiger charge is 2.45. The van der Waals surface area contributed by atoms with Crippen LogP contribution in [0.5, 0.6) is 0 Å². The third-order valence-electron chi connectivity index (χ3n) is 6.94. The van der Waals surface area contributed by atoms with Gasteiger partial charge in [-0.2, -0.15) is 0 Å². The molecule has 0 aromatic rings. The van der Waals surface area contributed by atoms with E-state index < -0.39 is 0 Å². The number of hydrogen-bond donors (Lipinski definition) is 0. The highest BCUT2D eigenvalue weighted by Crippen LogP contribution is 2.38. The average Bonchev–Trinajstić information content (AvgIpc) is 2.68. The molecule has 4 saturated heterocycles. The SMILES string of the molecule is CC(C)CC(=O)N1CCN(C(=O)N2C[C@H]3C[C@H](C2)[C@H]2CCCC(=O)N2C3)CC1. The normalized spacial score (nSPS) is 30.5. The molecule has 0 radical (unpaired) electrons. The average molecular weight is 391 g/mol. The molecule has 0 unspecified atom stereocenters. The van der Waals surface area contributed by atoms with Crippen LogP contribution in [0.15, 0.2) is 0 Å². The van der Waals surface area contributed by atoms with Crippen molar-refractivity contribution in [2.75, 3.05) is 45.8 Å². The maximum Gasteiger partial charge on any atom is 0.320 e. The van der Waals surface area contributed by atoms with Gasteiger partial charge in [0, 0.05) is 64.7 Å². The Morgan fingerprint density at radius 2 is 1.71 bits per heavy atom. The number of nitrogens with zero attached hydrogens (tertiary/aromatic N) is 4. The first kappa shape index (κ1) is 19.5. The first-order chi connectivity index (χ1) is 13.4. The van der Waals surface area contributed by atoms with Gasteiger partial charge < -0.3 is 19.6 Å². The lowest BCUT2D eigenvalue weighted by molar-refractivity contribution is -0.144. The molecule has 4 rings (SSSR count). The van der Waals surface area contributed by atoms with Gasteiger partial charge >= 0.3 is 6.03 Å². The van der Waals surface area contributed by atoms with Crippen molar-refractivity contribution in [1.29, 1.82) is 0 Å². The van der Waals surface area contributed by atoms with Gasteiger partial charge in [-0.3, -0.25) is 9.59 Å². The molecule has 4 aliphatic heterocycles. The summed E-state index contributed by atoms with van der Waals surface area (Å²) in [7, 11) is 0. The largest absolute Gasteiger partial charge is 0.339 e. The van der Waals surface area contributed by atoms with E-state index in [0.29, 0.717) is 68.7 Å². The van der Waals surface area contributed by atoms with Crippen molar-refractivity contribution < 1.29 is 14.4 Å². The number of fused-ring (bicyclic) bond motifs is 4. The van der Waals surface area contributed by atoms with Gasteiger partial charge in [-0.05, 0) is 37.0 Å². The minimum Gasteiger partial charge on any atom is -0.339 e. The second-order valence-corrected chi connectivity index (χ2v) is 9.52. The lowest BCUT2D eigenvalue weighted by Crippen LogP contribution is -2.63. The number of rotatable bonds is 2. The fourth-order valence-electron chi connectivity index (χ4n) is 5.59. The number of piperazine rings is 1. The van der Waals surface area contributed by atoms with Crippen LogP contribution in [0.2, 0.25) is 0 Å². The second kappa shape index (κ2) is 7.91.